The number of nitrogens with zero attached hydrogens (tertiary/aromatic N) is 2. The number of carbonyl (C=O) groups excluding carboxylic acids is 2. The summed E-state index contributed by atoms with van der Waals surface area (Å²) in [5, 5.41) is 2.88. The van der Waals surface area contributed by atoms with Crippen molar-refractivity contribution in [1.82, 2.24) is 9.80 Å². The third-order valence-corrected chi connectivity index (χ3v) is 5.20. The van der Waals surface area contributed by atoms with Crippen LogP contribution in [0.3, 0.4) is 0 Å². The number of carbonyl (C=O) groups is 2. The smallest absolute Gasteiger partial charge is 0.253 e. The van der Waals surface area contributed by atoms with E-state index in [0.717, 1.165) is 5.56 Å². The Kier molecular flexibility index (Phi) is 7.54. The molecule has 0 aromatic heterocycles. The number of rotatable bonds is 7. The van der Waals surface area contributed by atoms with E-state index in [9.17, 15) is 14.0 Å². The Morgan fingerprint density at radius 3 is 2.60 bits per heavy atom. The zero-order chi connectivity index (χ0) is 21.5. The van der Waals surface area contributed by atoms with Gasteiger partial charge in [-0.05, 0) is 49.7 Å². The fourth-order valence-corrected chi connectivity index (χ4v) is 3.55. The third-order valence-electron chi connectivity index (χ3n) is 5.20. The molecule has 0 aliphatic carbocycles. The Morgan fingerprint density at radius 2 is 1.90 bits per heavy atom. The molecule has 1 saturated heterocycles. The van der Waals surface area contributed by atoms with E-state index in [-0.39, 0.29) is 30.3 Å². The maximum Gasteiger partial charge on any atom is 0.253 e. The number of halogens is 1. The number of hydrogen-bond donors (Lipinski definition) is 1. The van der Waals surface area contributed by atoms with Gasteiger partial charge in [-0.3, -0.25) is 14.5 Å². The summed E-state index contributed by atoms with van der Waals surface area (Å²) < 4.78 is 18.9. The van der Waals surface area contributed by atoms with Crippen molar-refractivity contribution in [2.24, 2.45) is 0 Å². The van der Waals surface area contributed by atoms with Crippen LogP contribution in [0.25, 0.3) is 0 Å². The molecule has 3 rings (SSSR count). The van der Waals surface area contributed by atoms with Gasteiger partial charge in [-0.15, -0.1) is 0 Å². The summed E-state index contributed by atoms with van der Waals surface area (Å²) >= 11 is 0. The number of benzene rings is 2. The molecule has 1 aliphatic heterocycles. The molecule has 1 unspecified atom stereocenters. The summed E-state index contributed by atoms with van der Waals surface area (Å²) in [5.41, 5.74) is 2.05. The summed E-state index contributed by atoms with van der Waals surface area (Å²) in [5.74, 6) is -0.485. The molecule has 0 spiro atoms. The van der Waals surface area contributed by atoms with Gasteiger partial charge in [0.05, 0.1) is 19.3 Å². The molecular weight excluding hydrogens is 385 g/mol. The maximum absolute atomic E-state index is 13.1. The minimum Gasteiger partial charge on any atom is -0.371 e. The molecule has 30 heavy (non-hydrogen) atoms. The lowest BCUT2D eigenvalue weighted by atomic mass is 10.1. The maximum atomic E-state index is 13.1. The Balaban J connectivity index is 1.58. The van der Waals surface area contributed by atoms with Crippen molar-refractivity contribution < 1.29 is 18.7 Å². The SMILES string of the molecule is CCN(CC)C(=O)c1cccc(NC(=O)CN2CCOC(c3ccc(F)cc3)C2)c1. The lowest BCUT2D eigenvalue weighted by Gasteiger charge is -2.32. The van der Waals surface area contributed by atoms with E-state index < -0.39 is 0 Å². The Labute approximate surface area is 176 Å². The molecule has 0 saturated carbocycles. The molecule has 2 amide bonds. The van der Waals surface area contributed by atoms with Crippen LogP contribution < -0.4 is 5.32 Å². The lowest BCUT2D eigenvalue weighted by molar-refractivity contribution is -0.119. The third kappa shape index (κ3) is 5.64. The molecule has 1 aliphatic rings. The van der Waals surface area contributed by atoms with E-state index in [2.05, 4.69) is 5.32 Å². The lowest BCUT2D eigenvalue weighted by Crippen LogP contribution is -2.42. The van der Waals surface area contributed by atoms with Gasteiger partial charge in [-0.25, -0.2) is 4.39 Å². The Hall–Kier alpha value is -2.77. The fraction of sp³-hybridized carbons (Fsp3) is 0.391. The van der Waals surface area contributed by atoms with Gasteiger partial charge in [-0.1, -0.05) is 18.2 Å². The first-order chi connectivity index (χ1) is 14.5. The normalized spacial score (nSPS) is 16.8. The molecule has 6 nitrogen and oxygen atoms in total. The highest BCUT2D eigenvalue weighted by atomic mass is 19.1. The first-order valence-electron chi connectivity index (χ1n) is 10.3. The van der Waals surface area contributed by atoms with Crippen LogP contribution in [0.2, 0.25) is 0 Å². The summed E-state index contributed by atoms with van der Waals surface area (Å²) in [6.07, 6.45) is -0.192. The van der Waals surface area contributed by atoms with E-state index in [4.69, 9.17) is 4.74 Å². The van der Waals surface area contributed by atoms with Crippen molar-refractivity contribution in [3.63, 3.8) is 0 Å². The average Bonchev–Trinajstić information content (AvgIpc) is 2.75. The number of amides is 2. The first kappa shape index (κ1) is 21.9. The van der Waals surface area contributed by atoms with Crippen LogP contribution in [0.15, 0.2) is 48.5 Å². The van der Waals surface area contributed by atoms with Gasteiger partial charge < -0.3 is 15.0 Å². The minimum atomic E-state index is -0.285. The largest absolute Gasteiger partial charge is 0.371 e. The topological polar surface area (TPSA) is 61.9 Å². The van der Waals surface area contributed by atoms with Gasteiger partial charge >= 0.3 is 0 Å². The summed E-state index contributed by atoms with van der Waals surface area (Å²) in [4.78, 5) is 28.8. The van der Waals surface area contributed by atoms with Gasteiger partial charge in [-0.2, -0.15) is 0 Å². The number of nitrogens with one attached hydrogen (secondary N) is 1. The van der Waals surface area contributed by atoms with Crippen LogP contribution in [0.5, 0.6) is 0 Å². The highest BCUT2D eigenvalue weighted by molar-refractivity contribution is 5.97. The summed E-state index contributed by atoms with van der Waals surface area (Å²) in [7, 11) is 0. The number of morpholine rings is 1. The minimum absolute atomic E-state index is 0.0496. The van der Waals surface area contributed by atoms with Crippen LogP contribution in [0.4, 0.5) is 10.1 Å². The Morgan fingerprint density at radius 1 is 1.17 bits per heavy atom. The number of hydrogen-bond acceptors (Lipinski definition) is 4. The highest BCUT2D eigenvalue weighted by Gasteiger charge is 2.23. The monoisotopic (exact) mass is 413 g/mol. The summed E-state index contributed by atoms with van der Waals surface area (Å²) in [6.45, 7) is 7.07. The zero-order valence-corrected chi connectivity index (χ0v) is 17.4. The molecule has 7 heteroatoms. The second-order valence-electron chi connectivity index (χ2n) is 7.25. The van der Waals surface area contributed by atoms with Crippen molar-refractivity contribution >= 4 is 17.5 Å². The van der Waals surface area contributed by atoms with Crippen molar-refractivity contribution in [1.29, 1.82) is 0 Å². The quantitative estimate of drug-likeness (QED) is 0.757. The van der Waals surface area contributed by atoms with E-state index in [0.29, 0.717) is 44.0 Å². The zero-order valence-electron chi connectivity index (χ0n) is 17.4. The standard InChI is InChI=1S/C23H28FN3O3/c1-3-27(4-2)23(29)18-6-5-7-20(14-18)25-22(28)16-26-12-13-30-21(15-26)17-8-10-19(24)11-9-17/h5-11,14,21H,3-4,12-13,15-16H2,1-2H3,(H,25,28). The molecule has 2 aromatic rings. The first-order valence-corrected chi connectivity index (χ1v) is 10.3. The van der Waals surface area contributed by atoms with Crippen LogP contribution in [-0.2, 0) is 9.53 Å². The molecular formula is C23H28FN3O3. The number of anilines is 1. The van der Waals surface area contributed by atoms with E-state index in [1.165, 1.54) is 12.1 Å². The predicted octanol–water partition coefficient (Wildman–Crippen LogP) is 3.32. The van der Waals surface area contributed by atoms with Crippen molar-refractivity contribution in [2.45, 2.75) is 20.0 Å². The van der Waals surface area contributed by atoms with Crippen LogP contribution >= 0.6 is 0 Å². The van der Waals surface area contributed by atoms with Gasteiger partial charge in [0.15, 0.2) is 0 Å². The van der Waals surface area contributed by atoms with Gasteiger partial charge in [0.1, 0.15) is 5.82 Å². The van der Waals surface area contributed by atoms with Gasteiger partial charge in [0.25, 0.3) is 5.91 Å². The van der Waals surface area contributed by atoms with E-state index in [1.54, 1.807) is 41.3 Å². The molecule has 1 heterocycles. The second-order valence-corrected chi connectivity index (χ2v) is 7.25. The van der Waals surface area contributed by atoms with Gasteiger partial charge in [0, 0.05) is 37.4 Å². The van der Waals surface area contributed by atoms with Gasteiger partial charge in [0.2, 0.25) is 5.91 Å². The highest BCUT2D eigenvalue weighted by Crippen LogP contribution is 2.22. The van der Waals surface area contributed by atoms with Crippen LogP contribution in [0, 0.1) is 5.82 Å². The molecule has 1 N–H and O–H groups in total. The van der Waals surface area contributed by atoms with Crippen LogP contribution in [-0.4, -0.2) is 60.9 Å². The van der Waals surface area contributed by atoms with Crippen molar-refractivity contribution in [2.75, 3.05) is 44.6 Å². The predicted molar refractivity (Wildman–Crippen MR) is 114 cm³/mol. The van der Waals surface area contributed by atoms with Crippen molar-refractivity contribution in [3.05, 3.63) is 65.5 Å². The molecule has 2 aromatic carbocycles. The van der Waals surface area contributed by atoms with E-state index >= 15 is 0 Å². The molecule has 1 fully saturated rings. The molecule has 1 atom stereocenters. The molecule has 0 bridgehead atoms. The molecule has 160 valence electrons. The molecule has 0 radical (unpaired) electrons. The van der Waals surface area contributed by atoms with Crippen LogP contribution in [0.1, 0.15) is 35.9 Å². The Bertz CT molecular complexity index is 868. The average molecular weight is 413 g/mol. The van der Waals surface area contributed by atoms with E-state index in [1.807, 2.05) is 18.7 Å². The number of ether oxygens (including phenoxy) is 1. The second kappa shape index (κ2) is 10.3. The van der Waals surface area contributed by atoms with Crippen molar-refractivity contribution in [3.8, 4) is 0 Å². The summed E-state index contributed by atoms with van der Waals surface area (Å²) in [6, 6.07) is 13.3. The fourth-order valence-electron chi connectivity index (χ4n) is 3.55.